The van der Waals surface area contributed by atoms with E-state index < -0.39 is 5.60 Å². The molecule has 1 fully saturated rings. The van der Waals surface area contributed by atoms with Crippen molar-refractivity contribution < 1.29 is 19.4 Å². The van der Waals surface area contributed by atoms with Crippen molar-refractivity contribution in [3.05, 3.63) is 48.1 Å². The summed E-state index contributed by atoms with van der Waals surface area (Å²) in [5, 5.41) is 9.86. The second kappa shape index (κ2) is 7.95. The first kappa shape index (κ1) is 20.4. The van der Waals surface area contributed by atoms with Crippen LogP contribution in [0.1, 0.15) is 48.0 Å². The topological polar surface area (TPSA) is 59.1 Å². The Kier molecular flexibility index (Phi) is 6.76. The van der Waals surface area contributed by atoms with Crippen molar-refractivity contribution in [3.8, 4) is 0 Å². The second-order valence-corrected chi connectivity index (χ2v) is 7.06. The molecule has 0 aromatic carbocycles. The molecule has 3 atom stereocenters. The molecule has 0 aromatic heterocycles. The van der Waals surface area contributed by atoms with E-state index in [1.54, 1.807) is 32.1 Å². The van der Waals surface area contributed by atoms with Crippen LogP contribution < -0.4 is 0 Å². The van der Waals surface area contributed by atoms with E-state index in [-0.39, 0.29) is 23.8 Å². The maximum atomic E-state index is 12.1. The zero-order chi connectivity index (χ0) is 18.5. The molecular weight excluding hydrogens is 304 g/mol. The van der Waals surface area contributed by atoms with Gasteiger partial charge in [-0.3, -0.25) is 0 Å². The lowest BCUT2D eigenvalue weighted by molar-refractivity contribution is -0.145. The van der Waals surface area contributed by atoms with Gasteiger partial charge < -0.3 is 14.6 Å². The van der Waals surface area contributed by atoms with Crippen molar-refractivity contribution in [2.75, 3.05) is 0 Å². The Bertz CT molecular complexity index is 564. The van der Waals surface area contributed by atoms with Crippen molar-refractivity contribution in [2.24, 2.45) is 0 Å². The molecule has 1 saturated heterocycles. The lowest BCUT2D eigenvalue weighted by Crippen LogP contribution is -2.28. The summed E-state index contributed by atoms with van der Waals surface area (Å²) in [5.74, 6) is -0.313. The van der Waals surface area contributed by atoms with Crippen molar-refractivity contribution in [1.29, 1.82) is 0 Å². The molecule has 0 bridgehead atoms. The van der Waals surface area contributed by atoms with Crippen LogP contribution in [-0.4, -0.2) is 34.5 Å². The van der Waals surface area contributed by atoms with E-state index in [0.717, 1.165) is 5.57 Å². The average Bonchev–Trinajstić information content (AvgIpc) is 3.14. The van der Waals surface area contributed by atoms with Gasteiger partial charge in [0.1, 0.15) is 12.2 Å². The number of hydrogen-bond donors (Lipinski definition) is 1. The summed E-state index contributed by atoms with van der Waals surface area (Å²) in [7, 11) is 0. The van der Waals surface area contributed by atoms with Crippen LogP contribution in [0.5, 0.6) is 0 Å². The van der Waals surface area contributed by atoms with Gasteiger partial charge in [-0.1, -0.05) is 36.5 Å². The van der Waals surface area contributed by atoms with E-state index in [2.05, 4.69) is 6.58 Å². The molecule has 0 aliphatic carbocycles. The van der Waals surface area contributed by atoms with Gasteiger partial charge in [0, 0.05) is 12.0 Å². The summed E-state index contributed by atoms with van der Waals surface area (Å²) in [6.07, 6.45) is 8.70. The third-order valence-corrected chi connectivity index (χ3v) is 4.16. The molecule has 1 N–H and O–H groups in total. The molecule has 0 radical (unpaired) electrons. The molecule has 1 aliphatic heterocycles. The van der Waals surface area contributed by atoms with Crippen LogP contribution in [0.15, 0.2) is 48.1 Å². The van der Waals surface area contributed by atoms with Gasteiger partial charge in [-0.2, -0.15) is 0 Å². The van der Waals surface area contributed by atoms with E-state index in [1.807, 2.05) is 33.8 Å². The van der Waals surface area contributed by atoms with E-state index in [4.69, 9.17) is 9.47 Å². The van der Waals surface area contributed by atoms with Crippen molar-refractivity contribution in [3.63, 3.8) is 0 Å². The highest BCUT2D eigenvalue weighted by atomic mass is 16.6. The third-order valence-electron chi connectivity index (χ3n) is 4.16. The molecule has 24 heavy (non-hydrogen) atoms. The highest BCUT2D eigenvalue weighted by molar-refractivity contribution is 5.87. The number of ether oxygens (including phenoxy) is 2. The molecule has 0 saturated carbocycles. The number of allylic oxidation sites excluding steroid dienone is 3. The molecule has 1 heterocycles. The Labute approximate surface area is 145 Å². The first-order valence-electron chi connectivity index (χ1n) is 8.25. The van der Waals surface area contributed by atoms with Crippen molar-refractivity contribution >= 4 is 5.97 Å². The Balaban J connectivity index is 2.78. The SMILES string of the molecule is C=CC(C)(O)C=CC=C(C)CC(OC(=O)C(C)=CC)C1OC1(C)C. The monoisotopic (exact) mass is 334 g/mol. The van der Waals surface area contributed by atoms with E-state index >= 15 is 0 Å². The van der Waals surface area contributed by atoms with Crippen LogP contribution in [0.3, 0.4) is 0 Å². The number of carbonyl (C=O) groups is 1. The van der Waals surface area contributed by atoms with Gasteiger partial charge in [0.25, 0.3) is 0 Å². The fourth-order valence-electron chi connectivity index (χ4n) is 2.24. The molecule has 0 amide bonds. The first-order chi connectivity index (χ1) is 11.0. The summed E-state index contributed by atoms with van der Waals surface area (Å²) >= 11 is 0. The summed E-state index contributed by atoms with van der Waals surface area (Å²) < 4.78 is 11.3. The number of aliphatic hydroxyl groups is 1. The fourth-order valence-corrected chi connectivity index (χ4v) is 2.24. The minimum atomic E-state index is -1.03. The molecular formula is C20H30O4. The number of epoxide rings is 1. The lowest BCUT2D eigenvalue weighted by Gasteiger charge is -2.17. The first-order valence-corrected chi connectivity index (χ1v) is 8.25. The lowest BCUT2D eigenvalue weighted by atomic mass is 9.99. The predicted octanol–water partition coefficient (Wildman–Crippen LogP) is 3.87. The molecule has 4 nitrogen and oxygen atoms in total. The number of carbonyl (C=O) groups excluding carboxylic acids is 1. The summed E-state index contributed by atoms with van der Waals surface area (Å²) in [5.41, 5.74) is 0.320. The summed E-state index contributed by atoms with van der Waals surface area (Å²) in [4.78, 5) is 12.1. The zero-order valence-corrected chi connectivity index (χ0v) is 15.6. The van der Waals surface area contributed by atoms with E-state index in [1.165, 1.54) is 6.08 Å². The van der Waals surface area contributed by atoms with Crippen LogP contribution in [0.2, 0.25) is 0 Å². The van der Waals surface area contributed by atoms with E-state index in [0.29, 0.717) is 12.0 Å². The van der Waals surface area contributed by atoms with Crippen LogP contribution in [0.25, 0.3) is 0 Å². The second-order valence-electron chi connectivity index (χ2n) is 7.06. The Morgan fingerprint density at radius 2 is 2.04 bits per heavy atom. The van der Waals surface area contributed by atoms with Crippen molar-refractivity contribution in [2.45, 2.75) is 71.4 Å². The third kappa shape index (κ3) is 6.10. The zero-order valence-electron chi connectivity index (χ0n) is 15.6. The molecule has 4 heteroatoms. The van der Waals surface area contributed by atoms with Crippen LogP contribution in [0.4, 0.5) is 0 Å². The van der Waals surface area contributed by atoms with Gasteiger partial charge in [0.15, 0.2) is 0 Å². The van der Waals surface area contributed by atoms with Gasteiger partial charge >= 0.3 is 5.97 Å². The molecule has 134 valence electrons. The normalized spacial score (nSPS) is 24.4. The van der Waals surface area contributed by atoms with Crippen LogP contribution >= 0.6 is 0 Å². The number of rotatable bonds is 8. The van der Waals surface area contributed by atoms with Gasteiger partial charge in [-0.15, -0.1) is 0 Å². The summed E-state index contributed by atoms with van der Waals surface area (Å²) in [6, 6.07) is 0. The molecule has 1 rings (SSSR count). The molecule has 3 unspecified atom stereocenters. The van der Waals surface area contributed by atoms with Gasteiger partial charge in [-0.05, 0) is 47.6 Å². The standard InChI is InChI=1S/C20H30O4/c1-8-15(4)18(21)23-16(17-19(5,6)24-17)13-14(3)11-10-12-20(7,22)9-2/h8-12,16-17,22H,2,13H2,1,3-7H3. The van der Waals surface area contributed by atoms with Crippen LogP contribution in [0, 0.1) is 0 Å². The Morgan fingerprint density at radius 3 is 2.50 bits per heavy atom. The van der Waals surface area contributed by atoms with Crippen LogP contribution in [-0.2, 0) is 14.3 Å². The fraction of sp³-hybridized carbons (Fsp3) is 0.550. The smallest absolute Gasteiger partial charge is 0.333 e. The van der Waals surface area contributed by atoms with Gasteiger partial charge in [-0.25, -0.2) is 4.79 Å². The predicted molar refractivity (Wildman–Crippen MR) is 96.6 cm³/mol. The van der Waals surface area contributed by atoms with Gasteiger partial charge in [0.05, 0.1) is 11.2 Å². The molecule has 0 aromatic rings. The maximum absolute atomic E-state index is 12.1. The molecule has 0 spiro atoms. The highest BCUT2D eigenvalue weighted by Crippen LogP contribution is 2.40. The van der Waals surface area contributed by atoms with E-state index in [9.17, 15) is 9.90 Å². The number of esters is 1. The quantitative estimate of drug-likeness (QED) is 0.241. The minimum absolute atomic E-state index is 0.102. The van der Waals surface area contributed by atoms with Gasteiger partial charge in [0.2, 0.25) is 0 Å². The maximum Gasteiger partial charge on any atom is 0.333 e. The Hall–Kier alpha value is -1.65. The Morgan fingerprint density at radius 1 is 1.46 bits per heavy atom. The van der Waals surface area contributed by atoms with Crippen molar-refractivity contribution in [1.82, 2.24) is 0 Å². The highest BCUT2D eigenvalue weighted by Gasteiger charge is 2.54. The summed E-state index contributed by atoms with van der Waals surface area (Å²) in [6.45, 7) is 14.7. The minimum Gasteiger partial charge on any atom is -0.456 e. The average molecular weight is 334 g/mol. The molecule has 1 aliphatic rings. The largest absolute Gasteiger partial charge is 0.456 e. The number of hydrogen-bond acceptors (Lipinski definition) is 4.